The molecule has 1 fully saturated rings. The van der Waals surface area contributed by atoms with Crippen LogP contribution in [0, 0.1) is 5.92 Å². The van der Waals surface area contributed by atoms with E-state index < -0.39 is 0 Å². The fourth-order valence-electron chi connectivity index (χ4n) is 2.20. The van der Waals surface area contributed by atoms with Crippen molar-refractivity contribution >= 4 is 5.97 Å². The average molecular weight is 222 g/mol. The highest BCUT2D eigenvalue weighted by Crippen LogP contribution is 2.33. The Morgan fingerprint density at radius 3 is 2.12 bits per heavy atom. The summed E-state index contributed by atoms with van der Waals surface area (Å²) >= 11 is 0. The number of esters is 1. The molecule has 0 aliphatic heterocycles. The topological polar surface area (TPSA) is 26.3 Å². The van der Waals surface area contributed by atoms with Crippen LogP contribution in [0.1, 0.15) is 52.9 Å². The summed E-state index contributed by atoms with van der Waals surface area (Å²) in [5.41, 5.74) is 2.03. The summed E-state index contributed by atoms with van der Waals surface area (Å²) < 4.78 is 5.39. The normalized spacial score (nSPS) is 18.9. The summed E-state index contributed by atoms with van der Waals surface area (Å²) in [4.78, 5) is 11.1. The molecule has 2 nitrogen and oxygen atoms in total. The molecule has 0 bridgehead atoms. The molecule has 0 N–H and O–H groups in total. The van der Waals surface area contributed by atoms with Crippen LogP contribution >= 0.6 is 0 Å². The van der Waals surface area contributed by atoms with Crippen molar-refractivity contribution in [2.75, 3.05) is 0 Å². The van der Waals surface area contributed by atoms with Crippen molar-refractivity contribution in [1.29, 1.82) is 0 Å². The molecule has 0 aromatic carbocycles. The lowest BCUT2D eigenvalue weighted by molar-refractivity contribution is -0.138. The lowest BCUT2D eigenvalue weighted by Crippen LogP contribution is -2.15. The van der Waals surface area contributed by atoms with Crippen molar-refractivity contribution in [2.24, 2.45) is 5.92 Å². The molecule has 1 rings (SSSR count). The van der Waals surface area contributed by atoms with Gasteiger partial charge in [0.15, 0.2) is 0 Å². The van der Waals surface area contributed by atoms with E-state index in [0.717, 1.165) is 29.7 Å². The summed E-state index contributed by atoms with van der Waals surface area (Å²) in [6.45, 7) is 9.35. The second-order valence-corrected chi connectivity index (χ2v) is 4.70. The Balaban J connectivity index is 2.89. The SMILES string of the molecule is C=C(C)/C(C)=C(\OC(C)=O)C1CCCCC1. The predicted octanol–water partition coefficient (Wildman–Crippen LogP) is 3.98. The largest absolute Gasteiger partial charge is 0.431 e. The summed E-state index contributed by atoms with van der Waals surface area (Å²) in [7, 11) is 0. The number of allylic oxidation sites excluding steroid dienone is 3. The van der Waals surface area contributed by atoms with E-state index in [1.165, 1.54) is 26.2 Å². The number of rotatable bonds is 3. The average Bonchev–Trinajstić information content (AvgIpc) is 2.26. The molecule has 0 unspecified atom stereocenters. The molecule has 1 saturated carbocycles. The Kier molecular flexibility index (Phi) is 4.78. The molecular formula is C14H22O2. The van der Waals surface area contributed by atoms with Gasteiger partial charge in [0.1, 0.15) is 5.76 Å². The summed E-state index contributed by atoms with van der Waals surface area (Å²) in [6.07, 6.45) is 6.04. The fraction of sp³-hybridized carbons (Fsp3) is 0.643. The van der Waals surface area contributed by atoms with E-state index >= 15 is 0 Å². The quantitative estimate of drug-likeness (QED) is 0.410. The van der Waals surface area contributed by atoms with Gasteiger partial charge in [0, 0.05) is 12.8 Å². The molecule has 0 radical (unpaired) electrons. The Bertz CT molecular complexity index is 307. The molecular weight excluding hydrogens is 200 g/mol. The third-order valence-corrected chi connectivity index (χ3v) is 3.24. The first-order valence-electron chi connectivity index (χ1n) is 6.07. The van der Waals surface area contributed by atoms with Gasteiger partial charge in [-0.3, -0.25) is 4.79 Å². The lowest BCUT2D eigenvalue weighted by Gasteiger charge is -2.25. The van der Waals surface area contributed by atoms with Gasteiger partial charge in [0.2, 0.25) is 0 Å². The van der Waals surface area contributed by atoms with Crippen LogP contribution in [0.3, 0.4) is 0 Å². The predicted molar refractivity (Wildman–Crippen MR) is 65.9 cm³/mol. The first-order chi connectivity index (χ1) is 7.52. The summed E-state index contributed by atoms with van der Waals surface area (Å²) in [6, 6.07) is 0. The van der Waals surface area contributed by atoms with E-state index in [-0.39, 0.29) is 5.97 Å². The minimum atomic E-state index is -0.221. The Morgan fingerprint density at radius 1 is 1.12 bits per heavy atom. The van der Waals surface area contributed by atoms with E-state index in [0.29, 0.717) is 5.92 Å². The first kappa shape index (κ1) is 13.0. The van der Waals surface area contributed by atoms with Gasteiger partial charge in [-0.1, -0.05) is 31.4 Å². The number of hydrogen-bond acceptors (Lipinski definition) is 2. The third-order valence-electron chi connectivity index (χ3n) is 3.24. The van der Waals surface area contributed by atoms with Crippen LogP contribution < -0.4 is 0 Å². The van der Waals surface area contributed by atoms with Crippen LogP contribution in [0.4, 0.5) is 0 Å². The molecule has 1 aliphatic rings. The van der Waals surface area contributed by atoms with Gasteiger partial charge in [-0.05, 0) is 32.3 Å². The van der Waals surface area contributed by atoms with Gasteiger partial charge in [0.05, 0.1) is 0 Å². The fourth-order valence-corrected chi connectivity index (χ4v) is 2.20. The number of carbonyl (C=O) groups is 1. The molecule has 0 atom stereocenters. The van der Waals surface area contributed by atoms with Gasteiger partial charge >= 0.3 is 5.97 Å². The van der Waals surface area contributed by atoms with Crippen LogP contribution in [-0.2, 0) is 9.53 Å². The van der Waals surface area contributed by atoms with Crippen molar-refractivity contribution in [3.05, 3.63) is 23.5 Å². The highest BCUT2D eigenvalue weighted by molar-refractivity contribution is 5.67. The lowest BCUT2D eigenvalue weighted by atomic mass is 9.85. The smallest absolute Gasteiger partial charge is 0.307 e. The molecule has 0 spiro atoms. The maximum absolute atomic E-state index is 11.1. The van der Waals surface area contributed by atoms with Crippen LogP contribution in [0.5, 0.6) is 0 Å². The van der Waals surface area contributed by atoms with Crippen molar-refractivity contribution < 1.29 is 9.53 Å². The van der Waals surface area contributed by atoms with E-state index in [1.807, 2.05) is 13.8 Å². The Morgan fingerprint density at radius 2 is 1.69 bits per heavy atom. The molecule has 0 heterocycles. The zero-order valence-electron chi connectivity index (χ0n) is 10.6. The van der Waals surface area contributed by atoms with Crippen LogP contribution in [0.25, 0.3) is 0 Å². The van der Waals surface area contributed by atoms with Gasteiger partial charge in [-0.25, -0.2) is 0 Å². The minimum absolute atomic E-state index is 0.221. The number of ether oxygens (including phenoxy) is 1. The van der Waals surface area contributed by atoms with Gasteiger partial charge in [-0.2, -0.15) is 0 Å². The highest BCUT2D eigenvalue weighted by atomic mass is 16.5. The molecule has 1 aliphatic carbocycles. The molecule has 0 aromatic rings. The van der Waals surface area contributed by atoms with Crippen LogP contribution in [0.15, 0.2) is 23.5 Å². The van der Waals surface area contributed by atoms with Gasteiger partial charge < -0.3 is 4.74 Å². The zero-order valence-corrected chi connectivity index (χ0v) is 10.6. The molecule has 16 heavy (non-hydrogen) atoms. The van der Waals surface area contributed by atoms with Gasteiger partial charge in [-0.15, -0.1) is 0 Å². The van der Waals surface area contributed by atoms with Crippen molar-refractivity contribution in [2.45, 2.75) is 52.9 Å². The first-order valence-corrected chi connectivity index (χ1v) is 6.07. The van der Waals surface area contributed by atoms with E-state index in [4.69, 9.17) is 4.74 Å². The second-order valence-electron chi connectivity index (χ2n) is 4.70. The Hall–Kier alpha value is -1.05. The summed E-state index contributed by atoms with van der Waals surface area (Å²) in [5, 5.41) is 0. The molecule has 90 valence electrons. The highest BCUT2D eigenvalue weighted by Gasteiger charge is 2.22. The molecule has 2 heteroatoms. The van der Waals surface area contributed by atoms with Crippen molar-refractivity contribution in [1.82, 2.24) is 0 Å². The maximum Gasteiger partial charge on any atom is 0.307 e. The number of hydrogen-bond donors (Lipinski definition) is 0. The van der Waals surface area contributed by atoms with E-state index in [1.54, 1.807) is 0 Å². The van der Waals surface area contributed by atoms with Crippen LogP contribution in [-0.4, -0.2) is 5.97 Å². The maximum atomic E-state index is 11.1. The molecule has 0 aromatic heterocycles. The standard InChI is InChI=1S/C14H22O2/c1-10(2)11(3)14(16-12(4)15)13-8-6-5-7-9-13/h13H,1,5-9H2,2-4H3/b14-11-. The van der Waals surface area contributed by atoms with E-state index in [2.05, 4.69) is 6.58 Å². The second kappa shape index (κ2) is 5.88. The number of carbonyl (C=O) groups excluding carboxylic acids is 1. The Labute approximate surface area is 98.4 Å². The van der Waals surface area contributed by atoms with Gasteiger partial charge in [0.25, 0.3) is 0 Å². The van der Waals surface area contributed by atoms with Crippen LogP contribution in [0.2, 0.25) is 0 Å². The summed E-state index contributed by atoms with van der Waals surface area (Å²) in [5.74, 6) is 1.05. The molecule has 0 saturated heterocycles. The van der Waals surface area contributed by atoms with E-state index in [9.17, 15) is 4.79 Å². The van der Waals surface area contributed by atoms with Crippen molar-refractivity contribution in [3.63, 3.8) is 0 Å². The minimum Gasteiger partial charge on any atom is -0.431 e. The monoisotopic (exact) mass is 222 g/mol. The van der Waals surface area contributed by atoms with Crippen molar-refractivity contribution in [3.8, 4) is 0 Å². The zero-order chi connectivity index (χ0) is 12.1. The third kappa shape index (κ3) is 3.51. The molecule has 0 amide bonds.